The maximum atomic E-state index is 5.25. The number of likely N-dealkylation sites (N-methyl/N-ethyl adjacent to an activating group) is 1. The van der Waals surface area contributed by atoms with Gasteiger partial charge in [0.05, 0.1) is 16.9 Å². The van der Waals surface area contributed by atoms with Crippen LogP contribution < -0.4 is 5.32 Å². The number of hydrogen-bond acceptors (Lipinski definition) is 6. The zero-order valence-electron chi connectivity index (χ0n) is 16.4. The van der Waals surface area contributed by atoms with Crippen LogP contribution in [0, 0.1) is 6.92 Å². The third kappa shape index (κ3) is 3.88. The standard InChI is InChI=1S/C21H28N4OS/c1-15-13-17-20(22-18-8-4-5-9-19(18)23-21(17)27-15)25-11-10-24(2)16(14-25)7-6-12-26-3/h4-5,8-9,13,16,23H,6-7,10-12,14H2,1-3H3. The number of amidine groups is 1. The number of para-hydroxylation sites is 2. The number of aryl methyl sites for hydroxylation is 1. The molecule has 27 heavy (non-hydrogen) atoms. The van der Waals surface area contributed by atoms with Crippen LogP contribution in [0.1, 0.15) is 23.3 Å². The molecule has 5 nitrogen and oxygen atoms in total. The molecule has 2 aliphatic rings. The molecule has 2 aromatic rings. The van der Waals surface area contributed by atoms with E-state index in [9.17, 15) is 0 Å². The number of benzene rings is 1. The summed E-state index contributed by atoms with van der Waals surface area (Å²) in [4.78, 5) is 11.4. The molecule has 6 heteroatoms. The summed E-state index contributed by atoms with van der Waals surface area (Å²) < 4.78 is 5.25. The van der Waals surface area contributed by atoms with Gasteiger partial charge in [0.1, 0.15) is 10.8 Å². The van der Waals surface area contributed by atoms with E-state index in [1.54, 1.807) is 7.11 Å². The van der Waals surface area contributed by atoms with Gasteiger partial charge in [0.25, 0.3) is 0 Å². The minimum atomic E-state index is 0.534. The first-order chi connectivity index (χ1) is 13.2. The second kappa shape index (κ2) is 8.00. The number of rotatable bonds is 4. The highest BCUT2D eigenvalue weighted by molar-refractivity contribution is 7.16. The Bertz CT molecular complexity index is 831. The molecule has 1 aromatic heterocycles. The van der Waals surface area contributed by atoms with Gasteiger partial charge in [-0.1, -0.05) is 12.1 Å². The average molecular weight is 385 g/mol. The van der Waals surface area contributed by atoms with Gasteiger partial charge in [-0.25, -0.2) is 4.99 Å². The van der Waals surface area contributed by atoms with Crippen molar-refractivity contribution < 1.29 is 4.74 Å². The van der Waals surface area contributed by atoms with Gasteiger partial charge in [-0.3, -0.25) is 4.90 Å². The largest absolute Gasteiger partial charge is 0.385 e. The van der Waals surface area contributed by atoms with E-state index in [-0.39, 0.29) is 0 Å². The topological polar surface area (TPSA) is 40.1 Å². The molecular weight excluding hydrogens is 356 g/mol. The molecule has 1 atom stereocenters. The fourth-order valence-electron chi connectivity index (χ4n) is 3.90. The van der Waals surface area contributed by atoms with E-state index in [0.717, 1.165) is 56.3 Å². The summed E-state index contributed by atoms with van der Waals surface area (Å²) in [5.74, 6) is 1.11. The lowest BCUT2D eigenvalue weighted by atomic mass is 10.1. The Morgan fingerprint density at radius 1 is 1.30 bits per heavy atom. The lowest BCUT2D eigenvalue weighted by Crippen LogP contribution is -2.53. The Labute approximate surface area is 165 Å². The summed E-state index contributed by atoms with van der Waals surface area (Å²) in [7, 11) is 4.02. The number of nitrogens with one attached hydrogen (secondary N) is 1. The minimum Gasteiger partial charge on any atom is -0.385 e. The Morgan fingerprint density at radius 2 is 2.15 bits per heavy atom. The molecule has 1 N–H and O–H groups in total. The summed E-state index contributed by atoms with van der Waals surface area (Å²) >= 11 is 1.81. The van der Waals surface area contributed by atoms with Crippen LogP contribution in [0.15, 0.2) is 35.3 Å². The Hall–Kier alpha value is -1.89. The number of ether oxygens (including phenoxy) is 1. The smallest absolute Gasteiger partial charge is 0.139 e. The zero-order chi connectivity index (χ0) is 18.8. The second-order valence-corrected chi connectivity index (χ2v) is 8.65. The van der Waals surface area contributed by atoms with Gasteiger partial charge in [-0.15, -0.1) is 11.3 Å². The van der Waals surface area contributed by atoms with E-state index < -0.39 is 0 Å². The van der Waals surface area contributed by atoms with Gasteiger partial charge in [0.2, 0.25) is 0 Å². The van der Waals surface area contributed by atoms with Crippen molar-refractivity contribution in [2.75, 3.05) is 45.7 Å². The fourth-order valence-corrected chi connectivity index (χ4v) is 4.82. The van der Waals surface area contributed by atoms with E-state index in [2.05, 4.69) is 59.4 Å². The Balaban J connectivity index is 1.65. The number of anilines is 2. The lowest BCUT2D eigenvalue weighted by molar-refractivity contribution is 0.119. The van der Waals surface area contributed by atoms with E-state index in [0.29, 0.717) is 6.04 Å². The number of piperazine rings is 1. The van der Waals surface area contributed by atoms with Gasteiger partial charge in [0.15, 0.2) is 0 Å². The highest BCUT2D eigenvalue weighted by atomic mass is 32.1. The number of fused-ring (bicyclic) bond motifs is 2. The number of methoxy groups -OCH3 is 1. The summed E-state index contributed by atoms with van der Waals surface area (Å²) in [5, 5.41) is 4.81. The van der Waals surface area contributed by atoms with Crippen molar-refractivity contribution in [3.05, 3.63) is 40.8 Å². The SMILES string of the molecule is COCCCC1CN(C2=Nc3ccccc3Nc3sc(C)cc32)CCN1C. The van der Waals surface area contributed by atoms with Crippen LogP contribution in [-0.2, 0) is 4.74 Å². The molecule has 144 valence electrons. The molecule has 1 saturated heterocycles. The first-order valence-electron chi connectivity index (χ1n) is 9.65. The Kier molecular flexibility index (Phi) is 5.48. The zero-order valence-corrected chi connectivity index (χ0v) is 17.2. The van der Waals surface area contributed by atoms with Crippen LogP contribution in [0.4, 0.5) is 16.4 Å². The van der Waals surface area contributed by atoms with Crippen molar-refractivity contribution in [1.29, 1.82) is 0 Å². The van der Waals surface area contributed by atoms with Crippen molar-refractivity contribution in [3.8, 4) is 0 Å². The molecule has 0 bridgehead atoms. The number of nitrogens with zero attached hydrogens (tertiary/aromatic N) is 3. The molecule has 0 aliphatic carbocycles. The summed E-state index contributed by atoms with van der Waals surface area (Å²) in [6.07, 6.45) is 2.25. The molecule has 2 aliphatic heterocycles. The molecular formula is C21H28N4OS. The molecule has 1 fully saturated rings. The van der Waals surface area contributed by atoms with Crippen LogP contribution in [0.2, 0.25) is 0 Å². The third-order valence-corrected chi connectivity index (χ3v) is 6.40. The van der Waals surface area contributed by atoms with Crippen LogP contribution in [0.5, 0.6) is 0 Å². The lowest BCUT2D eigenvalue weighted by Gasteiger charge is -2.41. The highest BCUT2D eigenvalue weighted by Gasteiger charge is 2.29. The maximum absolute atomic E-state index is 5.25. The van der Waals surface area contributed by atoms with Crippen molar-refractivity contribution in [2.24, 2.45) is 4.99 Å². The van der Waals surface area contributed by atoms with E-state index in [4.69, 9.17) is 9.73 Å². The molecule has 3 heterocycles. The number of thiophene rings is 1. The summed E-state index contributed by atoms with van der Waals surface area (Å²) in [5.41, 5.74) is 3.33. The van der Waals surface area contributed by atoms with Gasteiger partial charge in [-0.05, 0) is 45.0 Å². The summed E-state index contributed by atoms with van der Waals surface area (Å²) in [6, 6.07) is 11.1. The molecule has 0 amide bonds. The molecule has 1 aromatic carbocycles. The number of aliphatic imine (C=N–C) groups is 1. The Morgan fingerprint density at radius 3 is 3.00 bits per heavy atom. The molecule has 1 unspecified atom stereocenters. The van der Waals surface area contributed by atoms with Crippen molar-refractivity contribution in [1.82, 2.24) is 9.80 Å². The third-order valence-electron chi connectivity index (χ3n) is 5.44. The van der Waals surface area contributed by atoms with Crippen LogP contribution in [0.3, 0.4) is 0 Å². The van der Waals surface area contributed by atoms with E-state index >= 15 is 0 Å². The van der Waals surface area contributed by atoms with Gasteiger partial charge < -0.3 is 15.0 Å². The maximum Gasteiger partial charge on any atom is 0.139 e. The van der Waals surface area contributed by atoms with Crippen LogP contribution >= 0.6 is 11.3 Å². The molecule has 4 rings (SSSR count). The molecule has 0 spiro atoms. The van der Waals surface area contributed by atoms with Crippen molar-refractivity contribution in [3.63, 3.8) is 0 Å². The fraction of sp³-hybridized carbons (Fsp3) is 0.476. The minimum absolute atomic E-state index is 0.534. The van der Waals surface area contributed by atoms with Gasteiger partial charge >= 0.3 is 0 Å². The monoisotopic (exact) mass is 384 g/mol. The van der Waals surface area contributed by atoms with Crippen LogP contribution in [-0.4, -0.2) is 62.1 Å². The van der Waals surface area contributed by atoms with Gasteiger partial charge in [-0.2, -0.15) is 0 Å². The summed E-state index contributed by atoms with van der Waals surface area (Å²) in [6.45, 7) is 6.07. The quantitative estimate of drug-likeness (QED) is 0.801. The van der Waals surface area contributed by atoms with E-state index in [1.165, 1.54) is 15.4 Å². The van der Waals surface area contributed by atoms with Crippen molar-refractivity contribution >= 4 is 33.5 Å². The molecule has 0 saturated carbocycles. The first kappa shape index (κ1) is 18.5. The van der Waals surface area contributed by atoms with E-state index in [1.807, 2.05) is 11.3 Å². The number of hydrogen-bond donors (Lipinski definition) is 1. The first-order valence-corrected chi connectivity index (χ1v) is 10.5. The molecule has 0 radical (unpaired) electrons. The van der Waals surface area contributed by atoms with Gasteiger partial charge in [0, 0.05) is 44.3 Å². The van der Waals surface area contributed by atoms with Crippen molar-refractivity contribution in [2.45, 2.75) is 25.8 Å². The second-order valence-electron chi connectivity index (χ2n) is 7.39. The van der Waals surface area contributed by atoms with Crippen LogP contribution in [0.25, 0.3) is 0 Å². The average Bonchev–Trinajstić information content (AvgIpc) is 2.95. The predicted octanol–water partition coefficient (Wildman–Crippen LogP) is 4.23. The highest BCUT2D eigenvalue weighted by Crippen LogP contribution is 2.39. The predicted molar refractivity (Wildman–Crippen MR) is 114 cm³/mol. The normalized spacial score (nSPS) is 19.7.